The van der Waals surface area contributed by atoms with Gasteiger partial charge >= 0.3 is 5.97 Å². The van der Waals surface area contributed by atoms with E-state index in [1.54, 1.807) is 0 Å². The average Bonchev–Trinajstić information content (AvgIpc) is 2.89. The molecule has 2 N–H and O–H groups in total. The zero-order valence-electron chi connectivity index (χ0n) is 11.9. The summed E-state index contributed by atoms with van der Waals surface area (Å²) >= 11 is 3.11. The van der Waals surface area contributed by atoms with Crippen LogP contribution in [-0.2, 0) is 4.79 Å². The molecule has 3 rings (SSSR count). The number of hydrogen-bond acceptors (Lipinski definition) is 3. The third-order valence-electron chi connectivity index (χ3n) is 4.71. The third kappa shape index (κ3) is 2.58. The molecule has 1 aliphatic carbocycles. The molecular formula is C15H17BrN2O4. The molecule has 1 aliphatic heterocycles. The molecule has 0 unspecified atom stereocenters. The fraction of sp³-hybridized carbons (Fsp3) is 0.533. The van der Waals surface area contributed by atoms with Crippen molar-refractivity contribution in [1.29, 1.82) is 0 Å². The Morgan fingerprint density at radius 1 is 1.32 bits per heavy atom. The first-order valence-corrected chi connectivity index (χ1v) is 8.22. The summed E-state index contributed by atoms with van der Waals surface area (Å²) in [6.07, 6.45) is 5.82. The molecule has 2 fully saturated rings. The number of carboxylic acids is 1. The smallest absolute Gasteiger partial charge is 0.326 e. The molecular weight excluding hydrogens is 352 g/mol. The van der Waals surface area contributed by atoms with Gasteiger partial charge in [-0.25, -0.2) is 4.79 Å². The van der Waals surface area contributed by atoms with Crippen LogP contribution < -0.4 is 5.56 Å². The Kier molecular flexibility index (Phi) is 4.08. The zero-order valence-corrected chi connectivity index (χ0v) is 13.5. The summed E-state index contributed by atoms with van der Waals surface area (Å²) in [5.41, 5.74) is -0.00718. The molecule has 0 bridgehead atoms. The first-order valence-electron chi connectivity index (χ1n) is 7.42. The molecule has 0 radical (unpaired) electrons. The topological polar surface area (TPSA) is 90.5 Å². The summed E-state index contributed by atoms with van der Waals surface area (Å²) in [7, 11) is 0. The van der Waals surface area contributed by atoms with Crippen LogP contribution in [0.15, 0.2) is 21.5 Å². The number of nitrogens with zero attached hydrogens (tertiary/aromatic N) is 1. The van der Waals surface area contributed by atoms with Crippen molar-refractivity contribution in [2.24, 2.45) is 5.92 Å². The van der Waals surface area contributed by atoms with Crippen molar-refractivity contribution in [3.05, 3.63) is 32.7 Å². The van der Waals surface area contributed by atoms with Gasteiger partial charge in [-0.15, -0.1) is 0 Å². The fourth-order valence-corrected chi connectivity index (χ4v) is 4.06. The fourth-order valence-electron chi connectivity index (χ4n) is 3.70. The van der Waals surface area contributed by atoms with E-state index in [0.29, 0.717) is 12.0 Å². The number of carboxylic acid groups (broad SMARTS) is 1. The van der Waals surface area contributed by atoms with Gasteiger partial charge in [0, 0.05) is 12.2 Å². The van der Waals surface area contributed by atoms with Crippen LogP contribution in [0, 0.1) is 5.92 Å². The molecule has 7 heteroatoms. The standard InChI is InChI=1S/C15H17BrN2O4/c16-10-5-9(7-17-13(10)19)14(20)18-11-4-2-1-3-8(11)6-12(18)15(21)22/h5,7-8,11-12H,1-4,6H2,(H,17,19)(H,21,22)/t8-,11-,12+/m1/s1. The number of amides is 1. The maximum absolute atomic E-state index is 12.8. The van der Waals surface area contributed by atoms with E-state index in [9.17, 15) is 19.5 Å². The van der Waals surface area contributed by atoms with Gasteiger partial charge in [0.1, 0.15) is 6.04 Å². The minimum absolute atomic E-state index is 0.00643. The van der Waals surface area contributed by atoms with Gasteiger partial charge in [-0.2, -0.15) is 0 Å². The van der Waals surface area contributed by atoms with Crippen LogP contribution in [0.25, 0.3) is 0 Å². The van der Waals surface area contributed by atoms with E-state index >= 15 is 0 Å². The molecule has 2 aliphatic rings. The lowest BCUT2D eigenvalue weighted by molar-refractivity contribution is -0.141. The Balaban J connectivity index is 1.95. The van der Waals surface area contributed by atoms with E-state index in [1.165, 1.54) is 17.2 Å². The lowest BCUT2D eigenvalue weighted by Crippen LogP contribution is -2.46. The quantitative estimate of drug-likeness (QED) is 0.834. The molecule has 1 aromatic rings. The first-order chi connectivity index (χ1) is 10.5. The molecule has 3 atom stereocenters. The summed E-state index contributed by atoms with van der Waals surface area (Å²) < 4.78 is 0.268. The first kappa shape index (κ1) is 15.3. The minimum atomic E-state index is -0.953. The highest BCUT2D eigenvalue weighted by atomic mass is 79.9. The van der Waals surface area contributed by atoms with Crippen molar-refractivity contribution < 1.29 is 14.7 Å². The van der Waals surface area contributed by atoms with Gasteiger partial charge in [0.2, 0.25) is 0 Å². The number of nitrogens with one attached hydrogen (secondary N) is 1. The maximum Gasteiger partial charge on any atom is 0.326 e. The van der Waals surface area contributed by atoms with Gasteiger partial charge in [-0.1, -0.05) is 12.8 Å². The van der Waals surface area contributed by atoms with Crippen LogP contribution in [0.3, 0.4) is 0 Å². The third-order valence-corrected chi connectivity index (χ3v) is 5.30. The van der Waals surface area contributed by atoms with Crippen molar-refractivity contribution >= 4 is 27.8 Å². The van der Waals surface area contributed by atoms with E-state index in [0.717, 1.165) is 25.7 Å². The van der Waals surface area contributed by atoms with Crippen LogP contribution >= 0.6 is 15.9 Å². The normalized spacial score (nSPS) is 27.5. The predicted molar refractivity (Wildman–Crippen MR) is 82.7 cm³/mol. The predicted octanol–water partition coefficient (Wildman–Crippen LogP) is 2.00. The van der Waals surface area contributed by atoms with Gasteiger partial charge in [0.15, 0.2) is 0 Å². The Bertz CT molecular complexity index is 672. The van der Waals surface area contributed by atoms with E-state index < -0.39 is 12.0 Å². The number of hydrogen-bond donors (Lipinski definition) is 2. The van der Waals surface area contributed by atoms with Crippen molar-refractivity contribution in [2.45, 2.75) is 44.2 Å². The average molecular weight is 369 g/mol. The molecule has 1 saturated heterocycles. The van der Waals surface area contributed by atoms with E-state index in [2.05, 4.69) is 20.9 Å². The largest absolute Gasteiger partial charge is 0.480 e. The highest BCUT2D eigenvalue weighted by Gasteiger charge is 2.47. The highest BCUT2D eigenvalue weighted by molar-refractivity contribution is 9.10. The van der Waals surface area contributed by atoms with E-state index in [1.807, 2.05) is 0 Å². The van der Waals surface area contributed by atoms with Gasteiger partial charge in [0.05, 0.1) is 10.0 Å². The zero-order chi connectivity index (χ0) is 15.9. The molecule has 1 amide bonds. The second-order valence-corrected chi connectivity index (χ2v) is 6.83. The summed E-state index contributed by atoms with van der Waals surface area (Å²) in [4.78, 5) is 39.8. The molecule has 2 heterocycles. The molecule has 22 heavy (non-hydrogen) atoms. The Labute approximate surface area is 135 Å². The number of aromatic amines is 1. The number of carbonyl (C=O) groups excluding carboxylic acids is 1. The van der Waals surface area contributed by atoms with Crippen molar-refractivity contribution in [3.8, 4) is 0 Å². The monoisotopic (exact) mass is 368 g/mol. The van der Waals surface area contributed by atoms with Gasteiger partial charge in [-0.05, 0) is 47.2 Å². The van der Waals surface area contributed by atoms with E-state index in [-0.39, 0.29) is 27.9 Å². The number of likely N-dealkylation sites (tertiary alicyclic amines) is 1. The van der Waals surface area contributed by atoms with Crippen LogP contribution in [-0.4, -0.2) is 39.0 Å². The molecule has 0 spiro atoms. The van der Waals surface area contributed by atoms with Crippen LogP contribution in [0.2, 0.25) is 0 Å². The van der Waals surface area contributed by atoms with Gasteiger partial charge in [-0.3, -0.25) is 9.59 Å². The number of H-pyrrole nitrogens is 1. The number of aliphatic carboxylic acids is 1. The summed E-state index contributed by atoms with van der Waals surface area (Å²) in [6.45, 7) is 0. The summed E-state index contributed by atoms with van der Waals surface area (Å²) in [5.74, 6) is -1.00. The summed E-state index contributed by atoms with van der Waals surface area (Å²) in [5, 5.41) is 9.46. The SMILES string of the molecule is O=C(O)[C@@H]1C[C@H]2CCCC[C@H]2N1C(=O)c1c[nH]c(=O)c(Br)c1. The van der Waals surface area contributed by atoms with Crippen molar-refractivity contribution in [1.82, 2.24) is 9.88 Å². The summed E-state index contributed by atoms with van der Waals surface area (Å²) in [6, 6.07) is 0.676. The number of halogens is 1. The molecule has 6 nitrogen and oxygen atoms in total. The Morgan fingerprint density at radius 2 is 2.05 bits per heavy atom. The van der Waals surface area contributed by atoms with Crippen LogP contribution in [0.4, 0.5) is 0 Å². The number of pyridine rings is 1. The van der Waals surface area contributed by atoms with E-state index in [4.69, 9.17) is 0 Å². The van der Waals surface area contributed by atoms with Crippen molar-refractivity contribution in [2.75, 3.05) is 0 Å². The number of aromatic nitrogens is 1. The molecule has 1 aromatic heterocycles. The van der Waals surface area contributed by atoms with Crippen LogP contribution in [0.1, 0.15) is 42.5 Å². The lowest BCUT2D eigenvalue weighted by atomic mass is 9.84. The lowest BCUT2D eigenvalue weighted by Gasteiger charge is -2.33. The highest BCUT2D eigenvalue weighted by Crippen LogP contribution is 2.40. The Hall–Kier alpha value is -1.63. The number of carbonyl (C=O) groups is 2. The molecule has 0 aromatic carbocycles. The minimum Gasteiger partial charge on any atom is -0.480 e. The van der Waals surface area contributed by atoms with Gasteiger partial charge in [0.25, 0.3) is 11.5 Å². The van der Waals surface area contributed by atoms with Crippen molar-refractivity contribution in [3.63, 3.8) is 0 Å². The Morgan fingerprint density at radius 3 is 2.73 bits per heavy atom. The molecule has 1 saturated carbocycles. The molecule has 118 valence electrons. The maximum atomic E-state index is 12.8. The second kappa shape index (κ2) is 5.87. The number of rotatable bonds is 2. The number of fused-ring (bicyclic) bond motifs is 1. The van der Waals surface area contributed by atoms with Gasteiger partial charge < -0.3 is 15.0 Å². The van der Waals surface area contributed by atoms with Crippen LogP contribution in [0.5, 0.6) is 0 Å². The second-order valence-electron chi connectivity index (χ2n) is 5.98.